The van der Waals surface area contributed by atoms with E-state index in [0.29, 0.717) is 17.1 Å². The molecule has 1 aliphatic heterocycles. The van der Waals surface area contributed by atoms with Crippen molar-refractivity contribution in [2.75, 3.05) is 34.4 Å². The Morgan fingerprint density at radius 3 is 2.43 bits per heavy atom. The molecular weight excluding hydrogens is 270 g/mol. The fourth-order valence-electron chi connectivity index (χ4n) is 2.46. The van der Waals surface area contributed by atoms with Crippen molar-refractivity contribution >= 4 is 5.97 Å². The van der Waals surface area contributed by atoms with Crippen LogP contribution in [0.1, 0.15) is 30.1 Å². The van der Waals surface area contributed by atoms with E-state index < -0.39 is 0 Å². The van der Waals surface area contributed by atoms with E-state index in [1.165, 1.54) is 7.11 Å². The number of hydrogen-bond acceptors (Lipinski definition) is 5. The lowest BCUT2D eigenvalue weighted by Gasteiger charge is -2.38. The Morgan fingerprint density at radius 1 is 1.19 bits per heavy atom. The first-order valence-electron chi connectivity index (χ1n) is 7.11. The van der Waals surface area contributed by atoms with Gasteiger partial charge in [0, 0.05) is 13.1 Å². The molecule has 0 N–H and O–H groups in total. The number of carbonyl (C=O) groups is 1. The summed E-state index contributed by atoms with van der Waals surface area (Å²) < 4.78 is 16.3. The molecule has 1 aliphatic rings. The first-order chi connectivity index (χ1) is 9.97. The number of nitrogens with zero attached hydrogens (tertiary/aromatic N) is 1. The van der Waals surface area contributed by atoms with E-state index in [1.54, 1.807) is 25.3 Å². The number of carbonyl (C=O) groups excluding carboxylic acids is 1. The molecule has 0 bridgehead atoms. The molecule has 1 fully saturated rings. The summed E-state index contributed by atoms with van der Waals surface area (Å²) in [4.78, 5) is 13.9. The third-order valence-electron chi connectivity index (χ3n) is 3.99. The minimum absolute atomic E-state index is 0.242. The molecule has 2 rings (SSSR count). The van der Waals surface area contributed by atoms with Crippen molar-refractivity contribution in [2.24, 2.45) is 0 Å². The van der Waals surface area contributed by atoms with Crippen LogP contribution in [0.2, 0.25) is 0 Å². The van der Waals surface area contributed by atoms with Gasteiger partial charge in [-0.2, -0.15) is 0 Å². The summed E-state index contributed by atoms with van der Waals surface area (Å²) in [5, 5.41) is 0. The highest BCUT2D eigenvalue weighted by Gasteiger charge is 2.32. The smallest absolute Gasteiger partial charge is 0.337 e. The van der Waals surface area contributed by atoms with E-state index in [1.807, 2.05) is 0 Å². The van der Waals surface area contributed by atoms with Crippen LogP contribution in [0, 0.1) is 0 Å². The maximum absolute atomic E-state index is 11.7. The normalized spacial score (nSPS) is 18.1. The van der Waals surface area contributed by atoms with E-state index in [-0.39, 0.29) is 11.6 Å². The number of piperidine rings is 1. The van der Waals surface area contributed by atoms with Gasteiger partial charge in [0.1, 0.15) is 5.60 Å². The van der Waals surface area contributed by atoms with Gasteiger partial charge in [0.05, 0.1) is 19.8 Å². The Labute approximate surface area is 125 Å². The topological polar surface area (TPSA) is 48.0 Å². The van der Waals surface area contributed by atoms with Gasteiger partial charge in [-0.15, -0.1) is 0 Å². The van der Waals surface area contributed by atoms with Crippen LogP contribution in [-0.4, -0.2) is 50.8 Å². The SMILES string of the molecule is COC(=O)c1ccc(OC)c(OC2(C)CCN(C)CC2)c1. The lowest BCUT2D eigenvalue weighted by atomic mass is 9.93. The summed E-state index contributed by atoms with van der Waals surface area (Å²) in [6.45, 7) is 4.09. The molecule has 0 atom stereocenters. The van der Waals surface area contributed by atoms with Crippen LogP contribution in [-0.2, 0) is 4.74 Å². The number of benzene rings is 1. The average Bonchev–Trinajstić information content (AvgIpc) is 2.49. The van der Waals surface area contributed by atoms with Gasteiger partial charge in [-0.05, 0) is 45.0 Å². The first kappa shape index (κ1) is 15.6. The van der Waals surface area contributed by atoms with Crippen molar-refractivity contribution < 1.29 is 19.0 Å². The standard InChI is InChI=1S/C16H23NO4/c1-16(7-9-17(2)10-8-16)21-14-11-12(15(18)20-4)5-6-13(14)19-3/h5-6,11H,7-10H2,1-4H3. The fraction of sp³-hybridized carbons (Fsp3) is 0.562. The summed E-state index contributed by atoms with van der Waals surface area (Å²) in [6, 6.07) is 5.10. The molecule has 1 saturated heterocycles. The van der Waals surface area contributed by atoms with Crippen LogP contribution >= 0.6 is 0 Å². The highest BCUT2D eigenvalue weighted by atomic mass is 16.5. The largest absolute Gasteiger partial charge is 0.493 e. The van der Waals surface area contributed by atoms with Crippen molar-refractivity contribution in [2.45, 2.75) is 25.4 Å². The van der Waals surface area contributed by atoms with E-state index in [2.05, 4.69) is 18.9 Å². The molecular formula is C16H23NO4. The van der Waals surface area contributed by atoms with Gasteiger partial charge in [0.15, 0.2) is 11.5 Å². The van der Waals surface area contributed by atoms with Crippen LogP contribution < -0.4 is 9.47 Å². The third kappa shape index (κ3) is 3.67. The van der Waals surface area contributed by atoms with Gasteiger partial charge in [0.25, 0.3) is 0 Å². The number of ether oxygens (including phenoxy) is 3. The van der Waals surface area contributed by atoms with Crippen LogP contribution in [0.3, 0.4) is 0 Å². The summed E-state index contributed by atoms with van der Waals surface area (Å²) in [6.07, 6.45) is 1.88. The average molecular weight is 293 g/mol. The van der Waals surface area contributed by atoms with Gasteiger partial charge < -0.3 is 19.1 Å². The third-order valence-corrected chi connectivity index (χ3v) is 3.99. The predicted molar refractivity (Wildman–Crippen MR) is 80.1 cm³/mol. The van der Waals surface area contributed by atoms with Crippen LogP contribution in [0.15, 0.2) is 18.2 Å². The molecule has 5 nitrogen and oxygen atoms in total. The molecule has 0 spiro atoms. The zero-order valence-corrected chi connectivity index (χ0v) is 13.1. The second kappa shape index (κ2) is 6.35. The van der Waals surface area contributed by atoms with E-state index in [4.69, 9.17) is 14.2 Å². The second-order valence-electron chi connectivity index (χ2n) is 5.71. The van der Waals surface area contributed by atoms with Crippen molar-refractivity contribution in [1.29, 1.82) is 0 Å². The fourth-order valence-corrected chi connectivity index (χ4v) is 2.46. The van der Waals surface area contributed by atoms with Crippen molar-refractivity contribution in [3.05, 3.63) is 23.8 Å². The first-order valence-corrected chi connectivity index (χ1v) is 7.11. The van der Waals surface area contributed by atoms with Crippen LogP contribution in [0.25, 0.3) is 0 Å². The van der Waals surface area contributed by atoms with E-state index in [9.17, 15) is 4.79 Å². The van der Waals surface area contributed by atoms with Gasteiger partial charge in [-0.25, -0.2) is 4.79 Å². The molecule has 1 heterocycles. The zero-order valence-electron chi connectivity index (χ0n) is 13.1. The highest BCUT2D eigenvalue weighted by molar-refractivity contribution is 5.90. The molecule has 0 unspecified atom stereocenters. The molecule has 1 aromatic carbocycles. The molecule has 0 saturated carbocycles. The molecule has 0 aromatic heterocycles. The molecule has 1 aromatic rings. The Hall–Kier alpha value is -1.75. The Kier molecular flexibility index (Phi) is 4.73. The van der Waals surface area contributed by atoms with E-state index >= 15 is 0 Å². The predicted octanol–water partition coefficient (Wildman–Crippen LogP) is 2.34. The number of hydrogen-bond donors (Lipinski definition) is 0. The minimum atomic E-state index is -0.379. The van der Waals surface area contributed by atoms with Gasteiger partial charge in [-0.3, -0.25) is 0 Å². The molecule has 116 valence electrons. The van der Waals surface area contributed by atoms with Crippen LogP contribution in [0.5, 0.6) is 11.5 Å². The Morgan fingerprint density at radius 2 is 1.86 bits per heavy atom. The summed E-state index contributed by atoms with van der Waals surface area (Å²) in [5.41, 5.74) is 0.221. The second-order valence-corrected chi connectivity index (χ2v) is 5.71. The molecule has 0 radical (unpaired) electrons. The zero-order chi connectivity index (χ0) is 15.5. The summed E-state index contributed by atoms with van der Waals surface area (Å²) >= 11 is 0. The quantitative estimate of drug-likeness (QED) is 0.798. The molecule has 21 heavy (non-hydrogen) atoms. The molecule has 0 amide bonds. The Balaban J connectivity index is 2.23. The lowest BCUT2D eigenvalue weighted by Crippen LogP contribution is -2.44. The molecule has 5 heteroatoms. The maximum atomic E-state index is 11.7. The number of methoxy groups -OCH3 is 2. The van der Waals surface area contributed by atoms with Crippen molar-refractivity contribution in [3.8, 4) is 11.5 Å². The van der Waals surface area contributed by atoms with Crippen molar-refractivity contribution in [3.63, 3.8) is 0 Å². The Bertz CT molecular complexity index is 507. The highest BCUT2D eigenvalue weighted by Crippen LogP contribution is 2.35. The summed E-state index contributed by atoms with van der Waals surface area (Å²) in [5.74, 6) is 0.839. The van der Waals surface area contributed by atoms with Gasteiger partial charge >= 0.3 is 5.97 Å². The number of rotatable bonds is 4. The monoisotopic (exact) mass is 293 g/mol. The van der Waals surface area contributed by atoms with E-state index in [0.717, 1.165) is 25.9 Å². The summed E-state index contributed by atoms with van der Waals surface area (Å²) in [7, 11) is 5.07. The number of esters is 1. The maximum Gasteiger partial charge on any atom is 0.337 e. The molecule has 0 aliphatic carbocycles. The number of likely N-dealkylation sites (tertiary alicyclic amines) is 1. The van der Waals surface area contributed by atoms with Crippen molar-refractivity contribution in [1.82, 2.24) is 4.90 Å². The van der Waals surface area contributed by atoms with Gasteiger partial charge in [0.2, 0.25) is 0 Å². The van der Waals surface area contributed by atoms with Crippen LogP contribution in [0.4, 0.5) is 0 Å². The lowest BCUT2D eigenvalue weighted by molar-refractivity contribution is 0.0218. The van der Waals surface area contributed by atoms with Gasteiger partial charge in [-0.1, -0.05) is 0 Å². The minimum Gasteiger partial charge on any atom is -0.493 e.